The van der Waals surface area contributed by atoms with E-state index in [1.54, 1.807) is 16.0 Å². The average Bonchev–Trinajstić information content (AvgIpc) is 3.61. The second-order valence-corrected chi connectivity index (χ2v) is 11.6. The van der Waals surface area contributed by atoms with E-state index in [-0.39, 0.29) is 12.2 Å². The van der Waals surface area contributed by atoms with Crippen molar-refractivity contribution in [1.29, 1.82) is 0 Å². The summed E-state index contributed by atoms with van der Waals surface area (Å²) in [5.74, 6) is 2.61. The normalized spacial score (nSPS) is 23.7. The van der Waals surface area contributed by atoms with Crippen molar-refractivity contribution in [3.8, 4) is 5.75 Å². The zero-order chi connectivity index (χ0) is 25.8. The third kappa shape index (κ3) is 6.11. The third-order valence-corrected chi connectivity index (χ3v) is 8.73. The van der Waals surface area contributed by atoms with Gasteiger partial charge in [0.2, 0.25) is 6.23 Å². The zero-order valence-electron chi connectivity index (χ0n) is 21.8. The molecule has 9 nitrogen and oxygen atoms in total. The van der Waals surface area contributed by atoms with Crippen LogP contribution >= 0.6 is 11.3 Å². The molecule has 0 N–H and O–H groups in total. The standard InChI is InChI=1S/C27H36N6O3S/c1-18(2)22-10-9-19(3)15-24(22)36-27(34)32-13-11-20(12-14-32)25-29-23(16-37-25)26(33-17-28-30-31-33)35-21-7-5-4-6-8-21/h4-8,16-20,22,24,26H,9-15H2,1-3H3. The van der Waals surface area contributed by atoms with Gasteiger partial charge >= 0.3 is 6.09 Å². The molecule has 1 aliphatic carbocycles. The van der Waals surface area contributed by atoms with E-state index in [1.165, 1.54) is 12.7 Å². The summed E-state index contributed by atoms with van der Waals surface area (Å²) in [7, 11) is 0. The molecular weight excluding hydrogens is 488 g/mol. The lowest BCUT2D eigenvalue weighted by Crippen LogP contribution is -2.43. The number of tetrazole rings is 1. The fourth-order valence-corrected chi connectivity index (χ4v) is 6.52. The molecule has 1 saturated carbocycles. The Balaban J connectivity index is 1.20. The van der Waals surface area contributed by atoms with Gasteiger partial charge in [0.05, 0.1) is 5.01 Å². The van der Waals surface area contributed by atoms with Gasteiger partial charge in [-0.05, 0) is 66.0 Å². The smallest absolute Gasteiger partial charge is 0.410 e. The molecule has 1 amide bonds. The summed E-state index contributed by atoms with van der Waals surface area (Å²) in [5.41, 5.74) is 0.768. The molecule has 4 unspecified atom stereocenters. The molecule has 0 bridgehead atoms. The van der Waals surface area contributed by atoms with Crippen LogP contribution in [0.5, 0.6) is 5.75 Å². The van der Waals surface area contributed by atoms with Crippen LogP contribution in [0.3, 0.4) is 0 Å². The van der Waals surface area contributed by atoms with Crippen LogP contribution in [-0.4, -0.2) is 55.4 Å². The second-order valence-electron chi connectivity index (χ2n) is 10.7. The van der Waals surface area contributed by atoms with E-state index >= 15 is 0 Å². The molecule has 3 heterocycles. The highest BCUT2D eigenvalue weighted by Crippen LogP contribution is 2.37. The molecule has 5 rings (SSSR count). The number of ether oxygens (including phenoxy) is 2. The van der Waals surface area contributed by atoms with E-state index in [1.807, 2.05) is 40.6 Å². The highest BCUT2D eigenvalue weighted by atomic mass is 32.1. The number of thiazole rings is 1. The van der Waals surface area contributed by atoms with E-state index < -0.39 is 6.23 Å². The van der Waals surface area contributed by atoms with Gasteiger partial charge in [0.15, 0.2) is 0 Å². The van der Waals surface area contributed by atoms with Crippen molar-refractivity contribution in [2.45, 2.75) is 71.1 Å². The van der Waals surface area contributed by atoms with Gasteiger partial charge in [0.25, 0.3) is 0 Å². The number of likely N-dealkylation sites (tertiary alicyclic amines) is 1. The van der Waals surface area contributed by atoms with Crippen LogP contribution in [0.2, 0.25) is 0 Å². The van der Waals surface area contributed by atoms with Crippen LogP contribution in [0.25, 0.3) is 0 Å². The van der Waals surface area contributed by atoms with Crippen molar-refractivity contribution in [3.63, 3.8) is 0 Å². The Morgan fingerprint density at radius 1 is 1.11 bits per heavy atom. The van der Waals surface area contributed by atoms with Crippen molar-refractivity contribution in [2.75, 3.05) is 13.1 Å². The van der Waals surface area contributed by atoms with E-state index in [9.17, 15) is 4.79 Å². The molecule has 1 saturated heterocycles. The molecule has 2 aromatic heterocycles. The number of rotatable bonds is 7. The fraction of sp³-hybridized carbons (Fsp3) is 0.593. The van der Waals surface area contributed by atoms with Crippen LogP contribution < -0.4 is 4.74 Å². The molecule has 0 radical (unpaired) electrons. The number of carbonyl (C=O) groups excluding carboxylic acids is 1. The van der Waals surface area contributed by atoms with Gasteiger partial charge in [-0.25, -0.2) is 9.78 Å². The van der Waals surface area contributed by atoms with Crippen molar-refractivity contribution in [1.82, 2.24) is 30.1 Å². The molecule has 0 spiro atoms. The Hall–Kier alpha value is -3.01. The summed E-state index contributed by atoms with van der Waals surface area (Å²) in [4.78, 5) is 19.8. The van der Waals surface area contributed by atoms with Gasteiger partial charge < -0.3 is 14.4 Å². The Morgan fingerprint density at radius 2 is 1.89 bits per heavy atom. The minimum atomic E-state index is -0.552. The van der Waals surface area contributed by atoms with E-state index in [2.05, 4.69) is 36.3 Å². The first kappa shape index (κ1) is 25.6. The summed E-state index contributed by atoms with van der Waals surface area (Å²) in [6, 6.07) is 9.60. The number of nitrogens with zero attached hydrogens (tertiary/aromatic N) is 6. The summed E-state index contributed by atoms with van der Waals surface area (Å²) >= 11 is 1.63. The third-order valence-electron chi connectivity index (χ3n) is 7.70. The van der Waals surface area contributed by atoms with Gasteiger partial charge in [0, 0.05) is 24.4 Å². The molecule has 2 fully saturated rings. The topological polar surface area (TPSA) is 95.3 Å². The molecule has 10 heteroatoms. The lowest BCUT2D eigenvalue weighted by molar-refractivity contribution is -0.0127. The quantitative estimate of drug-likeness (QED) is 0.401. The number of amides is 1. The molecule has 2 aliphatic rings. The van der Waals surface area contributed by atoms with Gasteiger partial charge in [0.1, 0.15) is 23.9 Å². The van der Waals surface area contributed by atoms with Gasteiger partial charge in [-0.1, -0.05) is 45.4 Å². The summed E-state index contributed by atoms with van der Waals surface area (Å²) < 4.78 is 13.9. The number of piperidine rings is 1. The maximum atomic E-state index is 13.0. The predicted octanol–water partition coefficient (Wildman–Crippen LogP) is 5.53. The number of benzene rings is 1. The Morgan fingerprint density at radius 3 is 2.59 bits per heavy atom. The molecule has 37 heavy (non-hydrogen) atoms. The summed E-state index contributed by atoms with van der Waals surface area (Å²) in [6.45, 7) is 8.11. The van der Waals surface area contributed by atoms with Gasteiger partial charge in [-0.15, -0.1) is 16.4 Å². The zero-order valence-corrected chi connectivity index (χ0v) is 22.6. The lowest BCUT2D eigenvalue weighted by Gasteiger charge is -2.38. The second kappa shape index (κ2) is 11.6. The Labute approximate surface area is 222 Å². The maximum absolute atomic E-state index is 13.0. The molecule has 3 aromatic rings. The van der Waals surface area contributed by atoms with Crippen LogP contribution in [-0.2, 0) is 4.74 Å². The van der Waals surface area contributed by atoms with Gasteiger partial charge in [-0.2, -0.15) is 4.68 Å². The molecule has 1 aliphatic heterocycles. The predicted molar refractivity (Wildman–Crippen MR) is 140 cm³/mol. The molecule has 1 aromatic carbocycles. The lowest BCUT2D eigenvalue weighted by atomic mass is 9.75. The van der Waals surface area contributed by atoms with Crippen LogP contribution in [0, 0.1) is 17.8 Å². The maximum Gasteiger partial charge on any atom is 0.410 e. The SMILES string of the molecule is CC1CCC(C(C)C)C(OC(=O)N2CCC(c3nc(C(Oc4ccccc4)n4cnnn4)cs3)CC2)C1. The fourth-order valence-electron chi connectivity index (χ4n) is 5.52. The summed E-state index contributed by atoms with van der Waals surface area (Å²) in [5, 5.41) is 14.7. The van der Waals surface area contributed by atoms with Crippen molar-refractivity contribution < 1.29 is 14.3 Å². The number of para-hydroxylation sites is 1. The van der Waals surface area contributed by atoms with Gasteiger partial charge in [-0.3, -0.25) is 0 Å². The van der Waals surface area contributed by atoms with E-state index in [0.29, 0.717) is 36.8 Å². The number of hydrogen-bond acceptors (Lipinski definition) is 8. The van der Waals surface area contributed by atoms with E-state index in [4.69, 9.17) is 14.5 Å². The largest absolute Gasteiger partial charge is 0.463 e. The molecule has 198 valence electrons. The number of aromatic nitrogens is 5. The summed E-state index contributed by atoms with van der Waals surface area (Å²) in [6.07, 6.45) is 5.94. The Bertz CT molecular complexity index is 1130. The van der Waals surface area contributed by atoms with Crippen molar-refractivity contribution in [3.05, 3.63) is 52.7 Å². The highest BCUT2D eigenvalue weighted by molar-refractivity contribution is 7.09. The first-order valence-electron chi connectivity index (χ1n) is 13.3. The van der Waals surface area contributed by atoms with Crippen molar-refractivity contribution in [2.24, 2.45) is 17.8 Å². The minimum Gasteiger partial charge on any atom is -0.463 e. The first-order chi connectivity index (χ1) is 18.0. The number of hydrogen-bond donors (Lipinski definition) is 0. The first-order valence-corrected chi connectivity index (χ1v) is 14.2. The van der Waals surface area contributed by atoms with E-state index in [0.717, 1.165) is 42.1 Å². The van der Waals surface area contributed by atoms with Crippen LogP contribution in [0.4, 0.5) is 4.79 Å². The molecular formula is C27H36N6O3S. The minimum absolute atomic E-state index is 0.0308. The highest BCUT2D eigenvalue weighted by Gasteiger charge is 2.35. The van der Waals surface area contributed by atoms with Crippen LogP contribution in [0.15, 0.2) is 42.0 Å². The van der Waals surface area contributed by atoms with Crippen LogP contribution in [0.1, 0.15) is 75.7 Å². The van der Waals surface area contributed by atoms with Crippen molar-refractivity contribution >= 4 is 17.4 Å². The monoisotopic (exact) mass is 524 g/mol. The molecule has 4 atom stereocenters. The average molecular weight is 525 g/mol. The number of carbonyl (C=O) groups is 1. The Kier molecular flexibility index (Phi) is 8.02.